The van der Waals surface area contributed by atoms with Crippen LogP contribution in [0, 0.1) is 0 Å². The third-order valence-electron chi connectivity index (χ3n) is 4.50. The molecule has 0 aromatic carbocycles. The number of pyridine rings is 1. The molecular weight excluding hydrogens is 268 g/mol. The Hall–Kier alpha value is -1.13. The van der Waals surface area contributed by atoms with Gasteiger partial charge in [0.05, 0.1) is 5.60 Å². The average Bonchev–Trinajstić information content (AvgIpc) is 2.97. The summed E-state index contributed by atoms with van der Waals surface area (Å²) < 4.78 is 7.34. The van der Waals surface area contributed by atoms with Crippen molar-refractivity contribution in [3.8, 4) is 0 Å². The van der Waals surface area contributed by atoms with Crippen LogP contribution >= 0.6 is 11.3 Å². The lowest BCUT2D eigenvalue weighted by atomic mass is 9.86. The number of nitrogens with one attached hydrogen (secondary N) is 1. The predicted octanol–water partition coefficient (Wildman–Crippen LogP) is 4.45. The molecule has 0 saturated carbocycles. The topological polar surface area (TPSA) is 34.2 Å². The number of rotatable bonds is 4. The SMILES string of the molecule is CCC1(CC)CC(Nc2nccc3sccc23)CCO1. The molecule has 0 amide bonds. The van der Waals surface area contributed by atoms with Crippen molar-refractivity contribution in [2.45, 2.75) is 51.2 Å². The van der Waals surface area contributed by atoms with Crippen molar-refractivity contribution in [2.24, 2.45) is 0 Å². The molecule has 3 rings (SSSR count). The first-order valence-electron chi connectivity index (χ1n) is 7.49. The van der Waals surface area contributed by atoms with Gasteiger partial charge in [0.1, 0.15) is 5.82 Å². The molecule has 0 spiro atoms. The number of anilines is 1. The summed E-state index contributed by atoms with van der Waals surface area (Å²) in [5.41, 5.74) is 0.0540. The van der Waals surface area contributed by atoms with Gasteiger partial charge in [0.2, 0.25) is 0 Å². The van der Waals surface area contributed by atoms with Crippen molar-refractivity contribution >= 4 is 27.2 Å². The highest BCUT2D eigenvalue weighted by Gasteiger charge is 2.34. The van der Waals surface area contributed by atoms with Crippen LogP contribution in [0.3, 0.4) is 0 Å². The van der Waals surface area contributed by atoms with Crippen LogP contribution in [-0.4, -0.2) is 23.2 Å². The lowest BCUT2D eigenvalue weighted by Crippen LogP contribution is -2.43. The second-order valence-electron chi connectivity index (χ2n) is 5.56. The number of hydrogen-bond donors (Lipinski definition) is 1. The largest absolute Gasteiger partial charge is 0.375 e. The lowest BCUT2D eigenvalue weighted by molar-refractivity contribution is -0.0864. The van der Waals surface area contributed by atoms with Crippen LogP contribution in [0.5, 0.6) is 0 Å². The van der Waals surface area contributed by atoms with Crippen molar-refractivity contribution in [2.75, 3.05) is 11.9 Å². The van der Waals surface area contributed by atoms with Crippen molar-refractivity contribution in [3.05, 3.63) is 23.7 Å². The van der Waals surface area contributed by atoms with Gasteiger partial charge in [-0.1, -0.05) is 13.8 Å². The number of fused-ring (bicyclic) bond motifs is 1. The summed E-state index contributed by atoms with van der Waals surface area (Å²) >= 11 is 1.77. The summed E-state index contributed by atoms with van der Waals surface area (Å²) in [6.07, 6.45) is 6.19. The highest BCUT2D eigenvalue weighted by molar-refractivity contribution is 7.17. The molecule has 0 radical (unpaired) electrons. The van der Waals surface area contributed by atoms with Gasteiger partial charge in [-0.2, -0.15) is 0 Å². The van der Waals surface area contributed by atoms with E-state index in [0.717, 1.165) is 38.1 Å². The lowest BCUT2D eigenvalue weighted by Gasteiger charge is -2.40. The predicted molar refractivity (Wildman–Crippen MR) is 85.5 cm³/mol. The van der Waals surface area contributed by atoms with Gasteiger partial charge in [0, 0.05) is 28.9 Å². The van der Waals surface area contributed by atoms with Gasteiger partial charge in [0.15, 0.2) is 0 Å². The standard InChI is InChI=1S/C16H22N2OS/c1-3-16(4-2)11-12(6-9-19-16)18-15-13-7-10-20-14(13)5-8-17-15/h5,7-8,10,12H,3-4,6,9,11H2,1-2H3,(H,17,18). The minimum atomic E-state index is 0.0540. The van der Waals surface area contributed by atoms with Crippen LogP contribution in [-0.2, 0) is 4.74 Å². The molecule has 0 aliphatic carbocycles. The van der Waals surface area contributed by atoms with Gasteiger partial charge in [-0.25, -0.2) is 4.98 Å². The van der Waals surface area contributed by atoms with Crippen molar-refractivity contribution in [1.82, 2.24) is 4.98 Å². The Balaban J connectivity index is 1.79. The maximum absolute atomic E-state index is 6.05. The molecule has 1 aliphatic rings. The molecular formula is C16H22N2OS. The van der Waals surface area contributed by atoms with Gasteiger partial charge < -0.3 is 10.1 Å². The van der Waals surface area contributed by atoms with Crippen LogP contribution in [0.2, 0.25) is 0 Å². The Morgan fingerprint density at radius 3 is 3.05 bits per heavy atom. The van der Waals surface area contributed by atoms with E-state index in [1.165, 1.54) is 10.1 Å². The van der Waals surface area contributed by atoms with E-state index >= 15 is 0 Å². The molecule has 2 aromatic heterocycles. The maximum atomic E-state index is 6.05. The summed E-state index contributed by atoms with van der Waals surface area (Å²) in [6.45, 7) is 5.30. The zero-order valence-corrected chi connectivity index (χ0v) is 13.0. The maximum Gasteiger partial charge on any atom is 0.134 e. The first-order chi connectivity index (χ1) is 9.76. The normalized spacial score (nSPS) is 22.0. The summed E-state index contributed by atoms with van der Waals surface area (Å²) in [7, 11) is 0. The fourth-order valence-electron chi connectivity index (χ4n) is 3.10. The van der Waals surface area contributed by atoms with E-state index in [2.05, 4.69) is 41.7 Å². The zero-order valence-electron chi connectivity index (χ0n) is 12.2. The number of thiophene rings is 1. The summed E-state index contributed by atoms with van der Waals surface area (Å²) in [4.78, 5) is 4.53. The summed E-state index contributed by atoms with van der Waals surface area (Å²) in [5.74, 6) is 1.02. The van der Waals surface area contributed by atoms with Gasteiger partial charge in [-0.3, -0.25) is 0 Å². The van der Waals surface area contributed by atoms with E-state index in [1.807, 2.05) is 6.20 Å². The van der Waals surface area contributed by atoms with Crippen LogP contribution in [0.25, 0.3) is 10.1 Å². The average molecular weight is 290 g/mol. The monoisotopic (exact) mass is 290 g/mol. The van der Waals surface area contributed by atoms with Gasteiger partial charge in [-0.15, -0.1) is 11.3 Å². The van der Waals surface area contributed by atoms with Gasteiger partial charge >= 0.3 is 0 Å². The molecule has 1 saturated heterocycles. The van der Waals surface area contributed by atoms with E-state index in [4.69, 9.17) is 4.74 Å². The van der Waals surface area contributed by atoms with Crippen molar-refractivity contribution < 1.29 is 4.74 Å². The Morgan fingerprint density at radius 2 is 2.25 bits per heavy atom. The molecule has 1 aliphatic heterocycles. The first-order valence-corrected chi connectivity index (χ1v) is 8.37. The molecule has 20 heavy (non-hydrogen) atoms. The highest BCUT2D eigenvalue weighted by atomic mass is 32.1. The molecule has 4 heteroatoms. The van der Waals surface area contributed by atoms with E-state index in [0.29, 0.717) is 6.04 Å². The highest BCUT2D eigenvalue weighted by Crippen LogP contribution is 2.34. The summed E-state index contributed by atoms with van der Waals surface area (Å²) in [5, 5.41) is 7.02. The molecule has 3 heterocycles. The van der Waals surface area contributed by atoms with Crippen LogP contribution in [0.15, 0.2) is 23.7 Å². The number of nitrogens with zero attached hydrogens (tertiary/aromatic N) is 1. The molecule has 1 N–H and O–H groups in total. The quantitative estimate of drug-likeness (QED) is 0.903. The Bertz CT molecular complexity index is 577. The Morgan fingerprint density at radius 1 is 1.40 bits per heavy atom. The Kier molecular flexibility index (Phi) is 3.94. The smallest absolute Gasteiger partial charge is 0.134 e. The van der Waals surface area contributed by atoms with Gasteiger partial charge in [-0.05, 0) is 43.2 Å². The second kappa shape index (κ2) is 5.70. The molecule has 3 nitrogen and oxygen atoms in total. The molecule has 2 aromatic rings. The van der Waals surface area contributed by atoms with E-state index in [-0.39, 0.29) is 5.60 Å². The Labute approximate surface area is 124 Å². The molecule has 108 valence electrons. The second-order valence-corrected chi connectivity index (χ2v) is 6.51. The first kappa shape index (κ1) is 13.8. The fourth-order valence-corrected chi connectivity index (χ4v) is 3.88. The molecule has 1 fully saturated rings. The van der Waals surface area contributed by atoms with Crippen molar-refractivity contribution in [3.63, 3.8) is 0 Å². The minimum Gasteiger partial charge on any atom is -0.375 e. The zero-order chi connectivity index (χ0) is 14.0. The summed E-state index contributed by atoms with van der Waals surface area (Å²) in [6, 6.07) is 4.70. The molecule has 1 atom stereocenters. The van der Waals surface area contributed by atoms with Crippen LogP contribution < -0.4 is 5.32 Å². The van der Waals surface area contributed by atoms with Gasteiger partial charge in [0.25, 0.3) is 0 Å². The third kappa shape index (κ3) is 2.54. The third-order valence-corrected chi connectivity index (χ3v) is 5.38. The number of ether oxygens (including phenoxy) is 1. The van der Waals surface area contributed by atoms with Crippen LogP contribution in [0.4, 0.5) is 5.82 Å². The van der Waals surface area contributed by atoms with E-state index in [1.54, 1.807) is 11.3 Å². The van der Waals surface area contributed by atoms with Crippen LogP contribution in [0.1, 0.15) is 39.5 Å². The molecule has 0 bridgehead atoms. The molecule has 1 unspecified atom stereocenters. The van der Waals surface area contributed by atoms with E-state index in [9.17, 15) is 0 Å². The minimum absolute atomic E-state index is 0.0540. The fraction of sp³-hybridized carbons (Fsp3) is 0.562. The van der Waals surface area contributed by atoms with E-state index < -0.39 is 0 Å². The number of aromatic nitrogens is 1. The number of hydrogen-bond acceptors (Lipinski definition) is 4. The van der Waals surface area contributed by atoms with Crippen molar-refractivity contribution in [1.29, 1.82) is 0 Å².